The summed E-state index contributed by atoms with van der Waals surface area (Å²) in [5.41, 5.74) is 4.09. The molecule has 4 heteroatoms. The Bertz CT molecular complexity index is 710. The first-order chi connectivity index (χ1) is 11.0. The van der Waals surface area contributed by atoms with Crippen LogP contribution in [0.3, 0.4) is 0 Å². The van der Waals surface area contributed by atoms with Crippen LogP contribution in [0.4, 0.5) is 0 Å². The maximum absolute atomic E-state index is 12.4. The maximum Gasteiger partial charge on any atom is 0.251 e. The second-order valence-electron chi connectivity index (χ2n) is 5.61. The number of hydrogen-bond acceptors (Lipinski definition) is 3. The molecule has 0 spiro atoms. The normalized spacial score (nSPS) is 11.7. The number of hydrogen-bond donors (Lipinski definition) is 1. The summed E-state index contributed by atoms with van der Waals surface area (Å²) in [6.07, 6.45) is 0. The van der Waals surface area contributed by atoms with Crippen LogP contribution in [0.15, 0.2) is 36.4 Å². The van der Waals surface area contributed by atoms with Crippen LogP contribution in [0.2, 0.25) is 0 Å². The zero-order valence-electron chi connectivity index (χ0n) is 14.3. The number of carbonyl (C=O) groups is 1. The summed E-state index contributed by atoms with van der Waals surface area (Å²) in [5, 5.41) is 3.01. The van der Waals surface area contributed by atoms with Gasteiger partial charge in [0.2, 0.25) is 0 Å². The lowest BCUT2D eigenvalue weighted by Crippen LogP contribution is -2.26. The molecular formula is C19H23NO3. The van der Waals surface area contributed by atoms with Crippen LogP contribution in [0.1, 0.15) is 40.0 Å². The molecule has 0 aromatic heterocycles. The maximum atomic E-state index is 12.4. The average Bonchev–Trinajstić information content (AvgIpc) is 2.56. The number of nitrogens with one attached hydrogen (secondary N) is 1. The minimum absolute atomic E-state index is 0.0742. The first kappa shape index (κ1) is 16.9. The molecule has 0 radical (unpaired) electrons. The van der Waals surface area contributed by atoms with Gasteiger partial charge < -0.3 is 14.8 Å². The Morgan fingerprint density at radius 2 is 1.65 bits per heavy atom. The molecule has 0 aliphatic rings. The minimum atomic E-state index is -0.142. The van der Waals surface area contributed by atoms with E-state index < -0.39 is 0 Å². The fraction of sp³-hybridized carbons (Fsp3) is 0.316. The number of methoxy groups -OCH3 is 2. The molecular weight excluding hydrogens is 290 g/mol. The number of aryl methyl sites for hydroxylation is 2. The van der Waals surface area contributed by atoms with Crippen LogP contribution in [-0.2, 0) is 0 Å². The SMILES string of the molecule is COc1ccc(C(=O)NC(C)c2ccc(C)c(C)c2)cc1OC. The summed E-state index contributed by atoms with van der Waals surface area (Å²) < 4.78 is 10.4. The molecule has 2 aromatic rings. The van der Waals surface area contributed by atoms with Gasteiger partial charge in [0.1, 0.15) is 0 Å². The molecule has 2 rings (SSSR count). The predicted molar refractivity (Wildman–Crippen MR) is 91.3 cm³/mol. The van der Waals surface area contributed by atoms with Crippen molar-refractivity contribution in [2.24, 2.45) is 0 Å². The Balaban J connectivity index is 2.16. The first-order valence-corrected chi connectivity index (χ1v) is 7.56. The van der Waals surface area contributed by atoms with Crippen molar-refractivity contribution >= 4 is 5.91 Å². The van der Waals surface area contributed by atoms with Crippen LogP contribution >= 0.6 is 0 Å². The van der Waals surface area contributed by atoms with Crippen molar-refractivity contribution in [1.29, 1.82) is 0 Å². The Labute approximate surface area is 137 Å². The zero-order chi connectivity index (χ0) is 17.0. The van der Waals surface area contributed by atoms with Gasteiger partial charge in [0.15, 0.2) is 11.5 Å². The Hall–Kier alpha value is -2.49. The van der Waals surface area contributed by atoms with Gasteiger partial charge in [0, 0.05) is 5.56 Å². The quantitative estimate of drug-likeness (QED) is 0.913. The monoisotopic (exact) mass is 313 g/mol. The smallest absolute Gasteiger partial charge is 0.251 e. The van der Waals surface area contributed by atoms with Gasteiger partial charge in [-0.15, -0.1) is 0 Å². The lowest BCUT2D eigenvalue weighted by atomic mass is 10.0. The van der Waals surface area contributed by atoms with Crippen molar-refractivity contribution in [3.8, 4) is 11.5 Å². The summed E-state index contributed by atoms with van der Waals surface area (Å²) in [6, 6.07) is 11.3. The van der Waals surface area contributed by atoms with E-state index in [1.54, 1.807) is 32.4 Å². The van der Waals surface area contributed by atoms with Crippen LogP contribution in [-0.4, -0.2) is 20.1 Å². The standard InChI is InChI=1S/C19H23NO3/c1-12-6-7-15(10-13(12)2)14(3)20-19(21)16-8-9-17(22-4)18(11-16)23-5/h6-11,14H,1-5H3,(H,20,21). The molecule has 122 valence electrons. The molecule has 1 unspecified atom stereocenters. The van der Waals surface area contributed by atoms with Crippen LogP contribution in [0, 0.1) is 13.8 Å². The van der Waals surface area contributed by atoms with Gasteiger partial charge in [-0.05, 0) is 55.7 Å². The molecule has 0 aliphatic carbocycles. The second kappa shape index (κ2) is 7.18. The first-order valence-electron chi connectivity index (χ1n) is 7.56. The Morgan fingerprint density at radius 3 is 2.26 bits per heavy atom. The van der Waals surface area contributed by atoms with Crippen molar-refractivity contribution in [1.82, 2.24) is 5.32 Å². The summed E-state index contributed by atoms with van der Waals surface area (Å²) in [5.74, 6) is 1.00. The van der Waals surface area contributed by atoms with Crippen molar-refractivity contribution in [3.63, 3.8) is 0 Å². The van der Waals surface area contributed by atoms with Crippen molar-refractivity contribution < 1.29 is 14.3 Å². The van der Waals surface area contributed by atoms with Gasteiger partial charge >= 0.3 is 0 Å². The molecule has 1 atom stereocenters. The van der Waals surface area contributed by atoms with Crippen LogP contribution in [0.5, 0.6) is 11.5 Å². The molecule has 0 heterocycles. The molecule has 0 fully saturated rings. The lowest BCUT2D eigenvalue weighted by Gasteiger charge is -2.16. The lowest BCUT2D eigenvalue weighted by molar-refractivity contribution is 0.0939. The van der Waals surface area contributed by atoms with Crippen LogP contribution < -0.4 is 14.8 Å². The van der Waals surface area contributed by atoms with E-state index in [0.717, 1.165) is 5.56 Å². The Morgan fingerprint density at radius 1 is 0.957 bits per heavy atom. The van der Waals surface area contributed by atoms with E-state index in [0.29, 0.717) is 17.1 Å². The van der Waals surface area contributed by atoms with Crippen molar-refractivity contribution in [2.45, 2.75) is 26.8 Å². The van der Waals surface area contributed by atoms with E-state index in [-0.39, 0.29) is 11.9 Å². The number of carbonyl (C=O) groups excluding carboxylic acids is 1. The molecule has 4 nitrogen and oxygen atoms in total. The van der Waals surface area contributed by atoms with E-state index in [2.05, 4.69) is 31.3 Å². The Kier molecular flexibility index (Phi) is 5.27. The van der Waals surface area contributed by atoms with E-state index in [4.69, 9.17) is 9.47 Å². The largest absolute Gasteiger partial charge is 0.493 e. The van der Waals surface area contributed by atoms with Crippen molar-refractivity contribution in [3.05, 3.63) is 58.7 Å². The molecule has 0 aliphatic heterocycles. The summed E-state index contributed by atoms with van der Waals surface area (Å²) in [7, 11) is 3.12. The highest BCUT2D eigenvalue weighted by Gasteiger charge is 2.14. The van der Waals surface area contributed by atoms with Gasteiger partial charge in [-0.1, -0.05) is 18.2 Å². The van der Waals surface area contributed by atoms with E-state index >= 15 is 0 Å². The van der Waals surface area contributed by atoms with E-state index in [1.807, 2.05) is 13.0 Å². The fourth-order valence-electron chi connectivity index (χ4n) is 2.37. The third kappa shape index (κ3) is 3.83. The molecule has 1 N–H and O–H groups in total. The van der Waals surface area contributed by atoms with E-state index in [9.17, 15) is 4.79 Å². The number of amides is 1. The average molecular weight is 313 g/mol. The highest BCUT2D eigenvalue weighted by molar-refractivity contribution is 5.95. The number of ether oxygens (including phenoxy) is 2. The van der Waals surface area contributed by atoms with Crippen molar-refractivity contribution in [2.75, 3.05) is 14.2 Å². The molecule has 0 saturated heterocycles. The summed E-state index contributed by atoms with van der Waals surface area (Å²) >= 11 is 0. The zero-order valence-corrected chi connectivity index (χ0v) is 14.3. The second-order valence-corrected chi connectivity index (χ2v) is 5.61. The van der Waals surface area contributed by atoms with Gasteiger partial charge in [-0.3, -0.25) is 4.79 Å². The third-order valence-electron chi connectivity index (χ3n) is 4.02. The van der Waals surface area contributed by atoms with E-state index in [1.165, 1.54) is 11.1 Å². The highest BCUT2D eigenvalue weighted by Crippen LogP contribution is 2.27. The molecule has 1 amide bonds. The predicted octanol–water partition coefficient (Wildman–Crippen LogP) is 3.81. The van der Waals surface area contributed by atoms with Gasteiger partial charge in [-0.25, -0.2) is 0 Å². The summed E-state index contributed by atoms with van der Waals surface area (Å²) in [6.45, 7) is 6.12. The minimum Gasteiger partial charge on any atom is -0.493 e. The molecule has 0 saturated carbocycles. The number of rotatable bonds is 5. The molecule has 2 aromatic carbocycles. The fourth-order valence-corrected chi connectivity index (χ4v) is 2.37. The van der Waals surface area contributed by atoms with Gasteiger partial charge in [-0.2, -0.15) is 0 Å². The highest BCUT2D eigenvalue weighted by atomic mass is 16.5. The van der Waals surface area contributed by atoms with Crippen LogP contribution in [0.25, 0.3) is 0 Å². The van der Waals surface area contributed by atoms with Gasteiger partial charge in [0.05, 0.1) is 20.3 Å². The third-order valence-corrected chi connectivity index (χ3v) is 4.02. The van der Waals surface area contributed by atoms with Gasteiger partial charge in [0.25, 0.3) is 5.91 Å². The number of benzene rings is 2. The topological polar surface area (TPSA) is 47.6 Å². The summed E-state index contributed by atoms with van der Waals surface area (Å²) in [4.78, 5) is 12.4. The molecule has 23 heavy (non-hydrogen) atoms. The molecule has 0 bridgehead atoms.